The molecule has 23 heavy (non-hydrogen) atoms. The van der Waals surface area contributed by atoms with E-state index < -0.39 is 5.66 Å². The predicted octanol–water partition coefficient (Wildman–Crippen LogP) is 3.81. The van der Waals surface area contributed by atoms with Gasteiger partial charge in [0.1, 0.15) is 5.66 Å². The van der Waals surface area contributed by atoms with E-state index in [2.05, 4.69) is 6.92 Å². The van der Waals surface area contributed by atoms with E-state index in [1.807, 2.05) is 43.1 Å². The molecule has 2 aliphatic rings. The van der Waals surface area contributed by atoms with Crippen LogP contribution in [0.2, 0.25) is 0 Å². The summed E-state index contributed by atoms with van der Waals surface area (Å²) in [5, 5.41) is 0. The minimum absolute atomic E-state index is 0.0128. The second-order valence-corrected chi connectivity index (χ2v) is 7.02. The van der Waals surface area contributed by atoms with Gasteiger partial charge in [0.25, 0.3) is 5.91 Å². The molecule has 0 radical (unpaired) electrons. The Balaban J connectivity index is 1.89. The van der Waals surface area contributed by atoms with Crippen LogP contribution in [0.1, 0.15) is 62.7 Å². The van der Waals surface area contributed by atoms with Gasteiger partial charge < -0.3 is 4.90 Å². The molecule has 0 aliphatic carbocycles. The molecule has 3 rings (SSSR count). The highest BCUT2D eigenvalue weighted by molar-refractivity contribution is 6.10. The van der Waals surface area contributed by atoms with Crippen molar-refractivity contribution in [2.75, 3.05) is 11.9 Å². The molecule has 2 amide bonds. The molecule has 0 N–H and O–H groups in total. The molecule has 4 nitrogen and oxygen atoms in total. The maximum absolute atomic E-state index is 13.0. The van der Waals surface area contributed by atoms with E-state index in [9.17, 15) is 9.59 Å². The zero-order valence-electron chi connectivity index (χ0n) is 14.3. The number of hydrogen-bond donors (Lipinski definition) is 0. The Bertz CT molecular complexity index is 628. The maximum atomic E-state index is 13.0. The van der Waals surface area contributed by atoms with Gasteiger partial charge in [-0.05, 0) is 25.5 Å². The number of para-hydroxylation sites is 1. The van der Waals surface area contributed by atoms with E-state index in [0.29, 0.717) is 5.56 Å². The fourth-order valence-electron chi connectivity index (χ4n) is 4.02. The maximum Gasteiger partial charge on any atom is 0.257 e. The highest BCUT2D eigenvalue weighted by Crippen LogP contribution is 2.46. The van der Waals surface area contributed by atoms with Crippen molar-refractivity contribution < 1.29 is 9.59 Å². The van der Waals surface area contributed by atoms with Gasteiger partial charge in [-0.2, -0.15) is 0 Å². The molecule has 2 aliphatic heterocycles. The van der Waals surface area contributed by atoms with Crippen LogP contribution in [0.5, 0.6) is 0 Å². The average molecular weight is 314 g/mol. The Kier molecular flexibility index (Phi) is 4.17. The molecule has 4 heteroatoms. The standard InChI is InChI=1S/C19H26N2O2/c1-4-5-6-7-10-14-13-19(2)20(3)18(23)15-11-8-9-12-16(15)21(19)17(14)22/h8-9,11-12,14H,4-7,10,13H2,1-3H3. The van der Waals surface area contributed by atoms with E-state index in [1.165, 1.54) is 19.3 Å². The number of fused-ring (bicyclic) bond motifs is 3. The van der Waals surface area contributed by atoms with Crippen molar-refractivity contribution in [1.29, 1.82) is 0 Å². The van der Waals surface area contributed by atoms with E-state index in [0.717, 1.165) is 24.9 Å². The molecule has 2 unspecified atom stereocenters. The van der Waals surface area contributed by atoms with Gasteiger partial charge in [-0.25, -0.2) is 0 Å². The van der Waals surface area contributed by atoms with Crippen molar-refractivity contribution in [2.45, 2.75) is 58.0 Å². The van der Waals surface area contributed by atoms with Crippen LogP contribution in [-0.2, 0) is 4.79 Å². The van der Waals surface area contributed by atoms with Crippen LogP contribution in [0.3, 0.4) is 0 Å². The minimum Gasteiger partial charge on any atom is -0.318 e. The molecule has 1 aromatic rings. The highest BCUT2D eigenvalue weighted by Gasteiger charge is 2.55. The van der Waals surface area contributed by atoms with Gasteiger partial charge in [0, 0.05) is 19.4 Å². The third-order valence-corrected chi connectivity index (χ3v) is 5.49. The number of anilines is 1. The number of carbonyl (C=O) groups excluding carboxylic acids is 2. The van der Waals surface area contributed by atoms with Crippen LogP contribution in [0, 0.1) is 5.92 Å². The molecule has 124 valence electrons. The Morgan fingerprint density at radius 3 is 2.65 bits per heavy atom. The van der Waals surface area contributed by atoms with Crippen LogP contribution in [0.4, 0.5) is 5.69 Å². The number of rotatable bonds is 5. The first-order valence-corrected chi connectivity index (χ1v) is 8.72. The van der Waals surface area contributed by atoms with Crippen molar-refractivity contribution in [1.82, 2.24) is 4.90 Å². The third-order valence-electron chi connectivity index (χ3n) is 5.49. The number of benzene rings is 1. The number of amides is 2. The molecule has 0 saturated carbocycles. The average Bonchev–Trinajstić information content (AvgIpc) is 2.81. The normalized spacial score (nSPS) is 26.5. The van der Waals surface area contributed by atoms with Crippen LogP contribution >= 0.6 is 0 Å². The Morgan fingerprint density at radius 2 is 1.91 bits per heavy atom. The largest absolute Gasteiger partial charge is 0.318 e. The van der Waals surface area contributed by atoms with Gasteiger partial charge in [-0.15, -0.1) is 0 Å². The Morgan fingerprint density at radius 1 is 1.17 bits per heavy atom. The van der Waals surface area contributed by atoms with Gasteiger partial charge in [-0.1, -0.05) is 44.7 Å². The van der Waals surface area contributed by atoms with Gasteiger partial charge in [0.2, 0.25) is 5.91 Å². The third kappa shape index (κ3) is 2.44. The number of carbonyl (C=O) groups is 2. The SMILES string of the molecule is CCCCCCC1CC2(C)N(C)C(=O)c3ccccc3N2C1=O. The van der Waals surface area contributed by atoms with Crippen molar-refractivity contribution in [3.05, 3.63) is 29.8 Å². The van der Waals surface area contributed by atoms with Gasteiger partial charge >= 0.3 is 0 Å². The molecular weight excluding hydrogens is 288 g/mol. The van der Waals surface area contributed by atoms with Crippen molar-refractivity contribution >= 4 is 17.5 Å². The second-order valence-electron chi connectivity index (χ2n) is 7.02. The summed E-state index contributed by atoms with van der Waals surface area (Å²) in [5.74, 6) is 0.216. The van der Waals surface area contributed by atoms with Crippen LogP contribution in [0.15, 0.2) is 24.3 Å². The lowest BCUT2D eigenvalue weighted by Gasteiger charge is -2.46. The first-order valence-electron chi connectivity index (χ1n) is 8.72. The van der Waals surface area contributed by atoms with Gasteiger partial charge in [0.15, 0.2) is 0 Å². The first-order chi connectivity index (χ1) is 11.0. The zero-order chi connectivity index (χ0) is 16.6. The van der Waals surface area contributed by atoms with Gasteiger partial charge in [-0.3, -0.25) is 14.5 Å². The van der Waals surface area contributed by atoms with Crippen molar-refractivity contribution in [3.8, 4) is 0 Å². The van der Waals surface area contributed by atoms with E-state index >= 15 is 0 Å². The quantitative estimate of drug-likeness (QED) is 0.775. The van der Waals surface area contributed by atoms with E-state index in [1.54, 1.807) is 4.90 Å². The summed E-state index contributed by atoms with van der Waals surface area (Å²) < 4.78 is 0. The molecule has 1 fully saturated rings. The summed E-state index contributed by atoms with van der Waals surface area (Å²) >= 11 is 0. The summed E-state index contributed by atoms with van der Waals surface area (Å²) in [5.41, 5.74) is 0.879. The minimum atomic E-state index is -0.530. The van der Waals surface area contributed by atoms with E-state index in [4.69, 9.17) is 0 Å². The topological polar surface area (TPSA) is 40.6 Å². The Hall–Kier alpha value is -1.84. The second kappa shape index (κ2) is 5.99. The predicted molar refractivity (Wildman–Crippen MR) is 91.3 cm³/mol. The zero-order valence-corrected chi connectivity index (χ0v) is 14.3. The summed E-state index contributed by atoms with van der Waals surface area (Å²) in [4.78, 5) is 29.3. The van der Waals surface area contributed by atoms with Crippen LogP contribution < -0.4 is 4.90 Å². The molecule has 0 aromatic heterocycles. The molecular formula is C19H26N2O2. The summed E-state index contributed by atoms with van der Waals surface area (Å²) in [6.45, 7) is 4.21. The molecule has 0 spiro atoms. The number of hydrogen-bond acceptors (Lipinski definition) is 2. The first kappa shape index (κ1) is 16.0. The highest BCUT2D eigenvalue weighted by atomic mass is 16.2. The van der Waals surface area contributed by atoms with Crippen LogP contribution in [-0.4, -0.2) is 29.4 Å². The molecule has 2 heterocycles. The molecule has 0 bridgehead atoms. The van der Waals surface area contributed by atoms with Crippen molar-refractivity contribution in [3.63, 3.8) is 0 Å². The molecule has 1 aromatic carbocycles. The fraction of sp³-hybridized carbons (Fsp3) is 0.579. The Labute approximate surface area is 138 Å². The smallest absolute Gasteiger partial charge is 0.257 e. The fourth-order valence-corrected chi connectivity index (χ4v) is 4.02. The summed E-state index contributed by atoms with van der Waals surface area (Å²) in [6, 6.07) is 7.47. The number of unbranched alkanes of at least 4 members (excludes halogenated alkanes) is 3. The van der Waals surface area contributed by atoms with E-state index in [-0.39, 0.29) is 17.7 Å². The lowest BCUT2D eigenvalue weighted by Crippen LogP contribution is -2.60. The van der Waals surface area contributed by atoms with Crippen molar-refractivity contribution in [2.24, 2.45) is 5.92 Å². The summed E-state index contributed by atoms with van der Waals surface area (Å²) in [7, 11) is 1.82. The lowest BCUT2D eigenvalue weighted by atomic mass is 9.93. The molecule has 1 saturated heterocycles. The monoisotopic (exact) mass is 314 g/mol. The number of nitrogens with zero attached hydrogens (tertiary/aromatic N) is 2. The van der Waals surface area contributed by atoms with Gasteiger partial charge in [0.05, 0.1) is 11.3 Å². The molecule has 2 atom stereocenters. The summed E-state index contributed by atoms with van der Waals surface area (Å²) in [6.07, 6.45) is 6.36. The van der Waals surface area contributed by atoms with Crippen LogP contribution in [0.25, 0.3) is 0 Å². The lowest BCUT2D eigenvalue weighted by molar-refractivity contribution is -0.121.